The summed E-state index contributed by atoms with van der Waals surface area (Å²) >= 11 is 0. The van der Waals surface area contributed by atoms with Crippen molar-refractivity contribution in [1.82, 2.24) is 0 Å². The van der Waals surface area contributed by atoms with Crippen LogP contribution in [0.25, 0.3) is 0 Å². The number of allylic oxidation sites excluding steroid dienone is 2. The third kappa shape index (κ3) is 5.74. The third-order valence-electron chi connectivity index (χ3n) is 0.856. The summed E-state index contributed by atoms with van der Waals surface area (Å²) in [6.07, 6.45) is 7.73. The van der Waals surface area contributed by atoms with E-state index >= 15 is 0 Å². The van der Waals surface area contributed by atoms with Crippen LogP contribution in [0.4, 0.5) is 0 Å². The van der Waals surface area contributed by atoms with Crippen molar-refractivity contribution in [2.24, 2.45) is 0 Å². The fourth-order valence-electron chi connectivity index (χ4n) is 0.429. The molecule has 0 spiro atoms. The van der Waals surface area contributed by atoms with Crippen molar-refractivity contribution < 1.29 is 0 Å². The second-order valence-corrected chi connectivity index (χ2v) is 1.56. The summed E-state index contributed by atoms with van der Waals surface area (Å²) in [6, 6.07) is 0. The zero-order chi connectivity index (χ0) is 5.54. The van der Waals surface area contributed by atoms with Crippen molar-refractivity contribution in [3.63, 3.8) is 0 Å². The Hall–Kier alpha value is -0.260. The van der Waals surface area contributed by atoms with E-state index in [1.807, 2.05) is 6.92 Å². The van der Waals surface area contributed by atoms with Crippen LogP contribution in [0.2, 0.25) is 0 Å². The van der Waals surface area contributed by atoms with Gasteiger partial charge in [0.1, 0.15) is 0 Å². The van der Waals surface area contributed by atoms with Crippen LogP contribution in [0, 0.1) is 6.92 Å². The number of hydrogen-bond donors (Lipinski definition) is 0. The monoisotopic (exact) mass is 97.1 g/mol. The molecule has 0 aliphatic carbocycles. The van der Waals surface area contributed by atoms with E-state index in [0.717, 1.165) is 6.42 Å². The van der Waals surface area contributed by atoms with Crippen LogP contribution in [0.1, 0.15) is 26.2 Å². The Labute approximate surface area is 46.2 Å². The molecule has 0 N–H and O–H groups in total. The maximum Gasteiger partial charge on any atom is -0.0351 e. The molecule has 41 valence electrons. The third-order valence-corrected chi connectivity index (χ3v) is 0.856. The van der Waals surface area contributed by atoms with Gasteiger partial charge in [-0.15, -0.1) is 0 Å². The summed E-state index contributed by atoms with van der Waals surface area (Å²) in [5.41, 5.74) is 0. The maximum atomic E-state index is 3.72. The van der Waals surface area contributed by atoms with Crippen LogP contribution in [0.5, 0.6) is 0 Å². The Balaban J connectivity index is 2.69. The second kappa shape index (κ2) is 5.74. The highest BCUT2D eigenvalue weighted by atomic mass is 13.8. The summed E-state index contributed by atoms with van der Waals surface area (Å²) in [6.45, 7) is 5.77. The van der Waals surface area contributed by atoms with E-state index in [-0.39, 0.29) is 0 Å². The van der Waals surface area contributed by atoms with Gasteiger partial charge in [-0.2, -0.15) is 0 Å². The van der Waals surface area contributed by atoms with Crippen molar-refractivity contribution in [2.75, 3.05) is 0 Å². The minimum absolute atomic E-state index is 1.06. The first-order valence-corrected chi connectivity index (χ1v) is 2.82. The van der Waals surface area contributed by atoms with E-state index in [9.17, 15) is 0 Å². The van der Waals surface area contributed by atoms with Crippen LogP contribution >= 0.6 is 0 Å². The van der Waals surface area contributed by atoms with Crippen LogP contribution in [0.3, 0.4) is 0 Å². The molecule has 0 bridgehead atoms. The molecule has 0 amide bonds. The van der Waals surface area contributed by atoms with Gasteiger partial charge in [-0.25, -0.2) is 0 Å². The molecular formula is C7H13. The highest BCUT2D eigenvalue weighted by Gasteiger charge is 1.73. The molecule has 0 fully saturated rings. The molecule has 0 aromatic rings. The Bertz CT molecular complexity index is 44.0. The number of unbranched alkanes of at least 4 members (excludes halogenated alkanes) is 2. The predicted molar refractivity (Wildman–Crippen MR) is 34.0 cm³/mol. The van der Waals surface area contributed by atoms with Crippen molar-refractivity contribution in [2.45, 2.75) is 26.2 Å². The van der Waals surface area contributed by atoms with Gasteiger partial charge in [0, 0.05) is 0 Å². The fraction of sp³-hybridized carbons (Fsp3) is 0.571. The molecule has 7 heavy (non-hydrogen) atoms. The molecule has 0 aromatic carbocycles. The van der Waals surface area contributed by atoms with Gasteiger partial charge in [-0.05, 0) is 19.8 Å². The molecule has 0 heteroatoms. The van der Waals surface area contributed by atoms with Crippen molar-refractivity contribution >= 4 is 0 Å². The summed E-state index contributed by atoms with van der Waals surface area (Å²) in [5.74, 6) is 0. The summed E-state index contributed by atoms with van der Waals surface area (Å²) in [7, 11) is 0. The Morgan fingerprint density at radius 1 is 1.57 bits per heavy atom. The lowest BCUT2D eigenvalue weighted by atomic mass is 10.2. The zero-order valence-electron chi connectivity index (χ0n) is 4.98. The molecule has 0 rings (SSSR count). The zero-order valence-corrected chi connectivity index (χ0v) is 4.98. The van der Waals surface area contributed by atoms with Gasteiger partial charge in [0.25, 0.3) is 0 Å². The molecule has 0 heterocycles. The second-order valence-electron chi connectivity index (χ2n) is 1.56. The van der Waals surface area contributed by atoms with Crippen molar-refractivity contribution in [3.8, 4) is 0 Å². The molecule has 0 unspecified atom stereocenters. The highest BCUT2D eigenvalue weighted by molar-refractivity contribution is 4.76. The lowest BCUT2D eigenvalue weighted by Gasteiger charge is -1.83. The maximum absolute atomic E-state index is 3.72. The average Bonchev–Trinajstić information content (AvgIpc) is 1.69. The molecular weight excluding hydrogens is 84.1 g/mol. The van der Waals surface area contributed by atoms with E-state index in [4.69, 9.17) is 0 Å². The quantitative estimate of drug-likeness (QED) is 0.375. The van der Waals surface area contributed by atoms with Gasteiger partial charge in [-0.3, -0.25) is 0 Å². The van der Waals surface area contributed by atoms with Gasteiger partial charge >= 0.3 is 0 Å². The lowest BCUT2D eigenvalue weighted by molar-refractivity contribution is 0.865. The standard InChI is InChI=1S/C7H13/c1-3-5-7-6-4-2/h4,6H,1,3,5,7H2,2H3/b6-4+. The molecule has 0 aliphatic heterocycles. The van der Waals surface area contributed by atoms with E-state index in [1.54, 1.807) is 0 Å². The summed E-state index contributed by atoms with van der Waals surface area (Å²) in [5, 5.41) is 0. The normalized spacial score (nSPS) is 10.6. The SMILES string of the molecule is [CH2]CCC/C=C/C. The first-order valence-electron chi connectivity index (χ1n) is 2.82. The largest absolute Gasteiger partial charge is 0.0917 e. The molecule has 0 atom stereocenters. The van der Waals surface area contributed by atoms with Crippen LogP contribution in [-0.4, -0.2) is 0 Å². The van der Waals surface area contributed by atoms with E-state index in [2.05, 4.69) is 19.1 Å². The molecule has 0 aromatic heterocycles. The molecule has 0 saturated heterocycles. The van der Waals surface area contributed by atoms with E-state index in [0.29, 0.717) is 0 Å². The highest BCUT2D eigenvalue weighted by Crippen LogP contribution is 1.92. The molecule has 1 radical (unpaired) electrons. The number of hydrogen-bond acceptors (Lipinski definition) is 0. The average molecular weight is 97.2 g/mol. The van der Waals surface area contributed by atoms with E-state index in [1.165, 1.54) is 12.8 Å². The minimum Gasteiger partial charge on any atom is -0.0917 e. The summed E-state index contributed by atoms with van der Waals surface area (Å²) < 4.78 is 0. The van der Waals surface area contributed by atoms with Crippen molar-refractivity contribution in [1.29, 1.82) is 0 Å². The first-order chi connectivity index (χ1) is 3.41. The van der Waals surface area contributed by atoms with E-state index < -0.39 is 0 Å². The van der Waals surface area contributed by atoms with Crippen LogP contribution in [-0.2, 0) is 0 Å². The Kier molecular flexibility index (Phi) is 5.53. The van der Waals surface area contributed by atoms with Gasteiger partial charge in [0.05, 0.1) is 0 Å². The summed E-state index contributed by atoms with van der Waals surface area (Å²) in [4.78, 5) is 0. The Morgan fingerprint density at radius 3 is 2.71 bits per heavy atom. The van der Waals surface area contributed by atoms with Gasteiger partial charge < -0.3 is 0 Å². The van der Waals surface area contributed by atoms with Gasteiger partial charge in [0.15, 0.2) is 0 Å². The lowest BCUT2D eigenvalue weighted by Crippen LogP contribution is -1.64. The topological polar surface area (TPSA) is 0 Å². The molecule has 0 nitrogen and oxygen atoms in total. The van der Waals surface area contributed by atoms with Crippen molar-refractivity contribution in [3.05, 3.63) is 19.1 Å². The first kappa shape index (κ1) is 6.74. The fourth-order valence-corrected chi connectivity index (χ4v) is 0.429. The minimum atomic E-state index is 1.06. The molecule has 0 saturated carbocycles. The van der Waals surface area contributed by atoms with Crippen LogP contribution in [0.15, 0.2) is 12.2 Å². The predicted octanol–water partition coefficient (Wildman–Crippen LogP) is 2.57. The van der Waals surface area contributed by atoms with Gasteiger partial charge in [-0.1, -0.05) is 25.5 Å². The Morgan fingerprint density at radius 2 is 2.29 bits per heavy atom. The molecule has 0 aliphatic rings. The van der Waals surface area contributed by atoms with Crippen LogP contribution < -0.4 is 0 Å². The smallest absolute Gasteiger partial charge is 0.0351 e. The number of rotatable bonds is 3. The van der Waals surface area contributed by atoms with Gasteiger partial charge in [0.2, 0.25) is 0 Å².